The molecule has 144 valence electrons. The first-order valence-corrected chi connectivity index (χ1v) is 9.20. The molecule has 28 heavy (non-hydrogen) atoms. The predicted molar refractivity (Wildman–Crippen MR) is 103 cm³/mol. The molecule has 1 aliphatic heterocycles. The molecular weight excluding hydrogens is 358 g/mol. The minimum atomic E-state index is 0.233. The first kappa shape index (κ1) is 16.9. The number of nitrogen functional groups attached to an aromatic ring is 1. The normalized spacial score (nSPS) is 15.4. The minimum absolute atomic E-state index is 0.233. The Bertz CT molecular complexity index is 1170. The van der Waals surface area contributed by atoms with Crippen LogP contribution in [0.5, 0.6) is 5.75 Å². The van der Waals surface area contributed by atoms with Crippen LogP contribution in [0.1, 0.15) is 30.1 Å². The van der Waals surface area contributed by atoms with Gasteiger partial charge in [-0.1, -0.05) is 6.07 Å². The summed E-state index contributed by atoms with van der Waals surface area (Å²) < 4.78 is 12.7. The van der Waals surface area contributed by atoms with E-state index in [4.69, 9.17) is 19.9 Å². The summed E-state index contributed by atoms with van der Waals surface area (Å²) in [7, 11) is 1.62. The van der Waals surface area contributed by atoms with Gasteiger partial charge in [0.15, 0.2) is 17.4 Å². The topological polar surface area (TPSA) is 108 Å². The van der Waals surface area contributed by atoms with E-state index in [1.54, 1.807) is 11.6 Å². The van der Waals surface area contributed by atoms with Gasteiger partial charge in [-0.2, -0.15) is 4.52 Å². The van der Waals surface area contributed by atoms with Crippen LogP contribution in [0.2, 0.25) is 0 Å². The fourth-order valence-electron chi connectivity index (χ4n) is 3.82. The highest BCUT2D eigenvalue weighted by molar-refractivity contribution is 5.95. The third kappa shape index (κ3) is 2.58. The van der Waals surface area contributed by atoms with E-state index in [0.717, 1.165) is 41.6 Å². The Balaban J connectivity index is 1.46. The fraction of sp³-hybridized carbons (Fsp3) is 0.368. The van der Waals surface area contributed by atoms with E-state index in [1.807, 2.05) is 25.1 Å². The van der Waals surface area contributed by atoms with Crippen LogP contribution in [-0.4, -0.2) is 42.6 Å². The van der Waals surface area contributed by atoms with Crippen molar-refractivity contribution in [1.29, 1.82) is 0 Å². The summed E-state index contributed by atoms with van der Waals surface area (Å²) in [6.45, 7) is 5.58. The van der Waals surface area contributed by atoms with Crippen molar-refractivity contribution in [2.45, 2.75) is 39.4 Å². The number of para-hydroxylation sites is 1. The van der Waals surface area contributed by atoms with Gasteiger partial charge < -0.3 is 14.9 Å². The average molecular weight is 379 g/mol. The van der Waals surface area contributed by atoms with Gasteiger partial charge >= 0.3 is 0 Å². The molecule has 0 amide bonds. The molecule has 2 N–H and O–H groups in total. The molecule has 1 aliphatic rings. The van der Waals surface area contributed by atoms with Crippen LogP contribution in [0.3, 0.4) is 0 Å². The van der Waals surface area contributed by atoms with Crippen molar-refractivity contribution < 1.29 is 9.15 Å². The molecule has 0 fully saturated rings. The van der Waals surface area contributed by atoms with Gasteiger partial charge in [-0.25, -0.2) is 15.0 Å². The summed E-state index contributed by atoms with van der Waals surface area (Å²) >= 11 is 0. The van der Waals surface area contributed by atoms with Gasteiger partial charge in [0.25, 0.3) is 0 Å². The van der Waals surface area contributed by atoms with E-state index in [1.165, 1.54) is 0 Å². The number of aromatic nitrogens is 5. The molecule has 4 heterocycles. The number of hydrogen-bond donors (Lipinski definition) is 1. The number of nitrogens with two attached hydrogens (primary N) is 1. The molecule has 9 nitrogen and oxygen atoms in total. The number of aryl methyl sites for hydroxylation is 1. The van der Waals surface area contributed by atoms with Crippen LogP contribution >= 0.6 is 0 Å². The maximum Gasteiger partial charge on any atom is 0.223 e. The molecule has 0 bridgehead atoms. The molecule has 9 heteroatoms. The van der Waals surface area contributed by atoms with Gasteiger partial charge in [0.1, 0.15) is 17.0 Å². The van der Waals surface area contributed by atoms with Crippen LogP contribution in [0.4, 0.5) is 5.95 Å². The lowest BCUT2D eigenvalue weighted by Crippen LogP contribution is -2.30. The maximum atomic E-state index is 6.13. The largest absolute Gasteiger partial charge is 0.494 e. The number of methoxy groups -OCH3 is 1. The maximum absolute atomic E-state index is 6.13. The van der Waals surface area contributed by atoms with E-state index in [2.05, 4.69) is 26.9 Å². The van der Waals surface area contributed by atoms with Gasteiger partial charge in [-0.05, 0) is 19.1 Å². The Labute approximate surface area is 161 Å². The molecule has 5 rings (SSSR count). The van der Waals surface area contributed by atoms with Crippen LogP contribution < -0.4 is 10.5 Å². The summed E-state index contributed by atoms with van der Waals surface area (Å²) in [6.07, 6.45) is 0.690. The monoisotopic (exact) mass is 379 g/mol. The molecule has 0 saturated heterocycles. The molecule has 1 atom stereocenters. The van der Waals surface area contributed by atoms with Crippen molar-refractivity contribution in [1.82, 2.24) is 29.5 Å². The number of benzene rings is 1. The number of rotatable bonds is 4. The number of fused-ring (bicyclic) bond motifs is 4. The minimum Gasteiger partial charge on any atom is -0.494 e. The zero-order chi connectivity index (χ0) is 19.4. The Kier molecular flexibility index (Phi) is 3.73. The van der Waals surface area contributed by atoms with E-state index in [0.29, 0.717) is 29.3 Å². The Morgan fingerprint density at radius 3 is 2.89 bits per heavy atom. The second kappa shape index (κ2) is 6.16. The number of nitrogens with zero attached hydrogens (tertiary/aromatic N) is 6. The van der Waals surface area contributed by atoms with E-state index >= 15 is 0 Å². The highest BCUT2D eigenvalue weighted by Crippen LogP contribution is 2.28. The number of hydrogen-bond acceptors (Lipinski definition) is 8. The Morgan fingerprint density at radius 2 is 2.11 bits per heavy atom. The molecule has 0 radical (unpaired) electrons. The van der Waals surface area contributed by atoms with Crippen molar-refractivity contribution in [3.8, 4) is 5.75 Å². The molecule has 4 aromatic rings. The number of ether oxygens (including phenoxy) is 1. The lowest BCUT2D eigenvalue weighted by molar-refractivity contribution is 0.196. The number of oxazole rings is 1. The molecule has 0 unspecified atom stereocenters. The lowest BCUT2D eigenvalue weighted by atomic mass is 10.2. The quantitative estimate of drug-likeness (QED) is 0.574. The van der Waals surface area contributed by atoms with Gasteiger partial charge in [0, 0.05) is 31.3 Å². The van der Waals surface area contributed by atoms with Crippen LogP contribution in [0.15, 0.2) is 22.6 Å². The van der Waals surface area contributed by atoms with Crippen molar-refractivity contribution in [3.63, 3.8) is 0 Å². The smallest absolute Gasteiger partial charge is 0.223 e. The van der Waals surface area contributed by atoms with Crippen LogP contribution in [0, 0.1) is 6.92 Å². The molecular formula is C19H21N7O2. The summed E-state index contributed by atoms with van der Waals surface area (Å²) in [6, 6.07) is 5.96. The molecule has 0 spiro atoms. The standard InChI is InChI=1S/C19H21N7O2/c1-10(25-8-13-15(9-25)28-11(2)21-13)7-16-22-18-12-5-4-6-14(27-3)17(12)23-19(20)26(18)24-16/h4-6,10H,7-9H2,1-3H3,(H2,20,23)/t10-/m1/s1. The average Bonchev–Trinajstić information content (AvgIpc) is 3.34. The Morgan fingerprint density at radius 1 is 1.25 bits per heavy atom. The molecule has 1 aromatic carbocycles. The first-order valence-electron chi connectivity index (χ1n) is 9.20. The fourth-order valence-corrected chi connectivity index (χ4v) is 3.82. The van der Waals surface area contributed by atoms with Crippen molar-refractivity contribution in [2.75, 3.05) is 12.8 Å². The van der Waals surface area contributed by atoms with Crippen LogP contribution in [0.25, 0.3) is 16.6 Å². The highest BCUT2D eigenvalue weighted by Gasteiger charge is 2.28. The third-order valence-electron chi connectivity index (χ3n) is 5.24. The van der Waals surface area contributed by atoms with E-state index in [9.17, 15) is 0 Å². The predicted octanol–water partition coefficient (Wildman–Crippen LogP) is 2.11. The van der Waals surface area contributed by atoms with Crippen molar-refractivity contribution in [2.24, 2.45) is 0 Å². The zero-order valence-electron chi connectivity index (χ0n) is 16.0. The molecule has 3 aromatic heterocycles. The molecule has 0 saturated carbocycles. The van der Waals surface area contributed by atoms with Crippen LogP contribution in [-0.2, 0) is 19.5 Å². The van der Waals surface area contributed by atoms with Crippen molar-refractivity contribution >= 4 is 22.5 Å². The second-order valence-corrected chi connectivity index (χ2v) is 7.15. The summed E-state index contributed by atoms with van der Waals surface area (Å²) in [5, 5.41) is 5.45. The number of anilines is 1. The van der Waals surface area contributed by atoms with Gasteiger partial charge in [-0.15, -0.1) is 5.10 Å². The zero-order valence-corrected chi connectivity index (χ0v) is 16.0. The molecule has 0 aliphatic carbocycles. The van der Waals surface area contributed by atoms with Gasteiger partial charge in [0.05, 0.1) is 19.3 Å². The van der Waals surface area contributed by atoms with Gasteiger partial charge in [-0.3, -0.25) is 4.90 Å². The van der Waals surface area contributed by atoms with Gasteiger partial charge in [0.2, 0.25) is 5.95 Å². The lowest BCUT2D eigenvalue weighted by Gasteiger charge is -2.21. The van der Waals surface area contributed by atoms with E-state index in [-0.39, 0.29) is 6.04 Å². The highest BCUT2D eigenvalue weighted by atomic mass is 16.5. The SMILES string of the molecule is COc1cccc2c1nc(N)n1nc(C[C@@H](C)N3Cc4nc(C)oc4C3)nc21. The second-order valence-electron chi connectivity index (χ2n) is 7.15. The summed E-state index contributed by atoms with van der Waals surface area (Å²) in [5.74, 6) is 3.36. The summed E-state index contributed by atoms with van der Waals surface area (Å²) in [5.41, 5.74) is 8.54. The van der Waals surface area contributed by atoms with Crippen molar-refractivity contribution in [3.05, 3.63) is 41.4 Å². The summed E-state index contributed by atoms with van der Waals surface area (Å²) in [4.78, 5) is 16.0. The Hall–Kier alpha value is -3.20. The van der Waals surface area contributed by atoms with E-state index < -0.39 is 0 Å². The first-order chi connectivity index (χ1) is 13.5. The third-order valence-corrected chi connectivity index (χ3v) is 5.24.